The summed E-state index contributed by atoms with van der Waals surface area (Å²) in [6.45, 7) is 0.864. The molecule has 0 saturated carbocycles. The number of fused-ring (bicyclic) bond motifs is 1. The topological polar surface area (TPSA) is 86.9 Å². The number of benzene rings is 1. The highest BCUT2D eigenvalue weighted by Crippen LogP contribution is 2.35. The van der Waals surface area contributed by atoms with E-state index in [1.807, 2.05) is 49.3 Å². The van der Waals surface area contributed by atoms with Crippen molar-refractivity contribution in [3.05, 3.63) is 59.8 Å². The molecule has 1 aliphatic heterocycles. The Bertz CT molecular complexity index is 957. The third-order valence-electron chi connectivity index (χ3n) is 5.33. The van der Waals surface area contributed by atoms with Crippen LogP contribution in [0.2, 0.25) is 0 Å². The molecule has 1 aliphatic rings. The number of amides is 1. The zero-order valence-corrected chi connectivity index (χ0v) is 15.4. The first-order valence-corrected chi connectivity index (χ1v) is 8.91. The minimum Gasteiger partial charge on any atom is -0.383 e. The van der Waals surface area contributed by atoms with Crippen LogP contribution < -0.4 is 0 Å². The first-order chi connectivity index (χ1) is 13.0. The Labute approximate surface area is 157 Å². The van der Waals surface area contributed by atoms with Crippen molar-refractivity contribution in [2.24, 2.45) is 0 Å². The van der Waals surface area contributed by atoms with Crippen LogP contribution >= 0.6 is 0 Å². The SMILES string of the molecule is CN(C)[C@@H]1CN(C(=O)c2cccc3nnnn23)CC[C@]1(O)c1ccccc1. The molecule has 3 heterocycles. The van der Waals surface area contributed by atoms with Crippen molar-refractivity contribution in [2.45, 2.75) is 18.1 Å². The van der Waals surface area contributed by atoms with E-state index in [9.17, 15) is 9.90 Å². The van der Waals surface area contributed by atoms with E-state index in [1.54, 1.807) is 23.1 Å². The number of carbonyl (C=O) groups excluding carboxylic acids is 1. The van der Waals surface area contributed by atoms with E-state index in [1.165, 1.54) is 4.52 Å². The van der Waals surface area contributed by atoms with Gasteiger partial charge in [0.2, 0.25) is 0 Å². The molecule has 0 spiro atoms. The molecular formula is C19H22N6O2. The Kier molecular flexibility index (Phi) is 4.37. The normalized spacial score (nSPS) is 23.1. The monoisotopic (exact) mass is 366 g/mol. The lowest BCUT2D eigenvalue weighted by Gasteiger charge is -2.47. The van der Waals surface area contributed by atoms with Gasteiger partial charge in [0.25, 0.3) is 5.91 Å². The fourth-order valence-electron chi connectivity index (χ4n) is 3.85. The Hall–Kier alpha value is -2.84. The summed E-state index contributed by atoms with van der Waals surface area (Å²) >= 11 is 0. The molecule has 1 N–H and O–H groups in total. The molecule has 1 saturated heterocycles. The molecule has 27 heavy (non-hydrogen) atoms. The number of aliphatic hydroxyl groups is 1. The second kappa shape index (κ2) is 6.71. The Morgan fingerprint density at radius 1 is 1.19 bits per heavy atom. The van der Waals surface area contributed by atoms with Gasteiger partial charge in [-0.3, -0.25) is 4.79 Å². The van der Waals surface area contributed by atoms with Gasteiger partial charge in [-0.15, -0.1) is 5.10 Å². The van der Waals surface area contributed by atoms with Crippen LogP contribution in [0, 0.1) is 0 Å². The number of hydrogen-bond donors (Lipinski definition) is 1. The van der Waals surface area contributed by atoms with E-state index in [0.717, 1.165) is 5.56 Å². The van der Waals surface area contributed by atoms with Crippen LogP contribution in [-0.2, 0) is 5.60 Å². The maximum atomic E-state index is 13.1. The number of aromatic nitrogens is 4. The van der Waals surface area contributed by atoms with Gasteiger partial charge in [-0.25, -0.2) is 0 Å². The maximum Gasteiger partial charge on any atom is 0.272 e. The largest absolute Gasteiger partial charge is 0.383 e. The minimum absolute atomic E-state index is 0.144. The fraction of sp³-hybridized carbons (Fsp3) is 0.368. The summed E-state index contributed by atoms with van der Waals surface area (Å²) in [5, 5.41) is 22.9. The molecule has 8 heteroatoms. The third-order valence-corrected chi connectivity index (χ3v) is 5.33. The van der Waals surface area contributed by atoms with Crippen molar-refractivity contribution >= 4 is 11.6 Å². The van der Waals surface area contributed by atoms with Gasteiger partial charge in [0.15, 0.2) is 5.65 Å². The number of piperidine rings is 1. The molecule has 0 unspecified atom stereocenters. The fourth-order valence-corrected chi connectivity index (χ4v) is 3.85. The second-order valence-electron chi connectivity index (χ2n) is 7.13. The van der Waals surface area contributed by atoms with E-state index in [4.69, 9.17) is 0 Å². The number of likely N-dealkylation sites (N-methyl/N-ethyl adjacent to an activating group) is 1. The van der Waals surface area contributed by atoms with Crippen molar-refractivity contribution in [1.82, 2.24) is 29.8 Å². The number of likely N-dealkylation sites (tertiary alicyclic amines) is 1. The summed E-state index contributed by atoms with van der Waals surface area (Å²) in [5.41, 5.74) is 0.809. The summed E-state index contributed by atoms with van der Waals surface area (Å²) in [6, 6.07) is 14.7. The lowest BCUT2D eigenvalue weighted by molar-refractivity contribution is -0.0811. The number of nitrogens with zero attached hydrogens (tertiary/aromatic N) is 6. The molecule has 0 radical (unpaired) electrons. The van der Waals surface area contributed by atoms with Crippen molar-refractivity contribution in [1.29, 1.82) is 0 Å². The number of rotatable bonds is 3. The number of tetrazole rings is 1. The Balaban J connectivity index is 1.64. The van der Waals surface area contributed by atoms with Crippen LogP contribution in [0.15, 0.2) is 48.5 Å². The highest BCUT2D eigenvalue weighted by Gasteiger charge is 2.45. The van der Waals surface area contributed by atoms with Crippen molar-refractivity contribution < 1.29 is 9.90 Å². The molecule has 4 rings (SSSR count). The average Bonchev–Trinajstić information content (AvgIpc) is 3.17. The molecule has 2 atom stereocenters. The first kappa shape index (κ1) is 17.6. The van der Waals surface area contributed by atoms with Crippen LogP contribution in [0.4, 0.5) is 0 Å². The predicted molar refractivity (Wildman–Crippen MR) is 99.1 cm³/mol. The van der Waals surface area contributed by atoms with E-state index >= 15 is 0 Å². The lowest BCUT2D eigenvalue weighted by Crippen LogP contribution is -2.60. The van der Waals surface area contributed by atoms with Gasteiger partial charge in [0.1, 0.15) is 11.3 Å². The molecule has 2 aromatic heterocycles. The number of pyridine rings is 1. The number of carbonyl (C=O) groups is 1. The second-order valence-corrected chi connectivity index (χ2v) is 7.13. The average molecular weight is 366 g/mol. The highest BCUT2D eigenvalue weighted by molar-refractivity contribution is 5.93. The van der Waals surface area contributed by atoms with E-state index in [2.05, 4.69) is 15.5 Å². The van der Waals surface area contributed by atoms with Gasteiger partial charge >= 0.3 is 0 Å². The van der Waals surface area contributed by atoms with Gasteiger partial charge in [0.05, 0.1) is 6.04 Å². The van der Waals surface area contributed by atoms with Gasteiger partial charge in [-0.2, -0.15) is 4.52 Å². The Morgan fingerprint density at radius 3 is 2.70 bits per heavy atom. The molecular weight excluding hydrogens is 344 g/mol. The van der Waals surface area contributed by atoms with Crippen LogP contribution in [0.3, 0.4) is 0 Å². The summed E-state index contributed by atoms with van der Waals surface area (Å²) in [5.74, 6) is -0.144. The van der Waals surface area contributed by atoms with E-state index in [-0.39, 0.29) is 11.9 Å². The maximum absolute atomic E-state index is 13.1. The zero-order valence-electron chi connectivity index (χ0n) is 15.4. The quantitative estimate of drug-likeness (QED) is 0.737. The van der Waals surface area contributed by atoms with Gasteiger partial charge < -0.3 is 14.9 Å². The standard InChI is InChI=1S/C19H22N6O2/c1-23(2)16-13-24(12-11-19(16,27)14-7-4-3-5-8-14)18(26)15-9-6-10-17-20-21-22-25(15)17/h3-10,16,27H,11-13H2,1-2H3/t16-,19+/m1/s1. The highest BCUT2D eigenvalue weighted by atomic mass is 16.3. The lowest BCUT2D eigenvalue weighted by atomic mass is 9.79. The van der Waals surface area contributed by atoms with Crippen molar-refractivity contribution in [3.8, 4) is 0 Å². The number of hydrogen-bond acceptors (Lipinski definition) is 6. The summed E-state index contributed by atoms with van der Waals surface area (Å²) in [4.78, 5) is 16.9. The molecule has 0 aliphatic carbocycles. The molecule has 140 valence electrons. The molecule has 1 aromatic carbocycles. The van der Waals surface area contributed by atoms with Gasteiger partial charge in [0, 0.05) is 13.1 Å². The molecule has 0 bridgehead atoms. The smallest absolute Gasteiger partial charge is 0.272 e. The summed E-state index contributed by atoms with van der Waals surface area (Å²) < 4.78 is 1.45. The molecule has 8 nitrogen and oxygen atoms in total. The summed E-state index contributed by atoms with van der Waals surface area (Å²) in [7, 11) is 3.85. The molecule has 1 fully saturated rings. The van der Waals surface area contributed by atoms with E-state index in [0.29, 0.717) is 30.9 Å². The van der Waals surface area contributed by atoms with Crippen LogP contribution in [0.5, 0.6) is 0 Å². The molecule has 3 aromatic rings. The van der Waals surface area contributed by atoms with Gasteiger partial charge in [-0.1, -0.05) is 36.4 Å². The van der Waals surface area contributed by atoms with Crippen LogP contribution in [-0.4, -0.2) is 74.1 Å². The summed E-state index contributed by atoms with van der Waals surface area (Å²) in [6.07, 6.45) is 0.456. The predicted octanol–water partition coefficient (Wildman–Crippen LogP) is 0.788. The third kappa shape index (κ3) is 2.96. The van der Waals surface area contributed by atoms with Crippen molar-refractivity contribution in [3.63, 3.8) is 0 Å². The first-order valence-electron chi connectivity index (χ1n) is 8.91. The Morgan fingerprint density at radius 2 is 1.96 bits per heavy atom. The van der Waals surface area contributed by atoms with Crippen LogP contribution in [0.25, 0.3) is 5.65 Å². The van der Waals surface area contributed by atoms with Crippen molar-refractivity contribution in [2.75, 3.05) is 27.2 Å². The molecule has 1 amide bonds. The van der Waals surface area contributed by atoms with Gasteiger partial charge in [-0.05, 0) is 48.6 Å². The van der Waals surface area contributed by atoms with E-state index < -0.39 is 5.60 Å². The van der Waals surface area contributed by atoms with Crippen LogP contribution in [0.1, 0.15) is 22.5 Å². The zero-order chi connectivity index (χ0) is 19.0. The minimum atomic E-state index is -1.01.